The van der Waals surface area contributed by atoms with Crippen LogP contribution in [0.2, 0.25) is 0 Å². The van der Waals surface area contributed by atoms with E-state index in [1.165, 1.54) is 24.3 Å². The molecule has 0 radical (unpaired) electrons. The topological polar surface area (TPSA) is 67.7 Å². The third-order valence-electron chi connectivity index (χ3n) is 4.53. The largest absolute Gasteiger partial charge is 0.343 e. The lowest BCUT2D eigenvalue weighted by atomic mass is 10.1. The summed E-state index contributed by atoms with van der Waals surface area (Å²) in [7, 11) is 1.70. The summed E-state index contributed by atoms with van der Waals surface area (Å²) in [6.45, 7) is 4.52. The maximum atomic E-state index is 13.0. The van der Waals surface area contributed by atoms with Crippen LogP contribution in [0.15, 0.2) is 24.3 Å². The molecule has 6 nitrogen and oxygen atoms in total. The highest BCUT2D eigenvalue weighted by Crippen LogP contribution is 2.12. The van der Waals surface area contributed by atoms with Gasteiger partial charge in [-0.2, -0.15) is 5.26 Å². The van der Waals surface area contributed by atoms with Crippen molar-refractivity contribution < 1.29 is 14.0 Å². The van der Waals surface area contributed by atoms with Gasteiger partial charge in [-0.25, -0.2) is 4.39 Å². The number of hydrogen-bond donors (Lipinski definition) is 0. The Hall–Kier alpha value is -2.46. The molecule has 1 atom stereocenters. The van der Waals surface area contributed by atoms with E-state index in [0.717, 1.165) is 0 Å². The molecule has 1 aromatic rings. The molecule has 1 aliphatic rings. The van der Waals surface area contributed by atoms with E-state index in [9.17, 15) is 14.0 Å². The molecule has 0 N–H and O–H groups in total. The number of carbonyl (C=O) groups is 2. The van der Waals surface area contributed by atoms with E-state index in [0.29, 0.717) is 44.7 Å². The Morgan fingerprint density at radius 2 is 1.84 bits per heavy atom. The van der Waals surface area contributed by atoms with Crippen molar-refractivity contribution in [3.63, 3.8) is 0 Å². The molecule has 1 unspecified atom stereocenters. The van der Waals surface area contributed by atoms with Crippen molar-refractivity contribution in [3.05, 3.63) is 35.6 Å². The van der Waals surface area contributed by atoms with Crippen LogP contribution in [0.25, 0.3) is 0 Å². The van der Waals surface area contributed by atoms with Gasteiger partial charge < -0.3 is 9.80 Å². The normalized spacial score (nSPS) is 16.2. The van der Waals surface area contributed by atoms with Crippen LogP contribution in [0, 0.1) is 17.1 Å². The zero-order valence-electron chi connectivity index (χ0n) is 14.6. The first-order valence-corrected chi connectivity index (χ1v) is 8.35. The van der Waals surface area contributed by atoms with Crippen LogP contribution >= 0.6 is 0 Å². The van der Waals surface area contributed by atoms with Gasteiger partial charge in [0.15, 0.2) is 0 Å². The summed E-state index contributed by atoms with van der Waals surface area (Å²) in [6.07, 6.45) is 0.314. The van der Waals surface area contributed by atoms with Gasteiger partial charge in [-0.15, -0.1) is 0 Å². The maximum absolute atomic E-state index is 13.0. The lowest BCUT2D eigenvalue weighted by Crippen LogP contribution is -2.55. The van der Waals surface area contributed by atoms with E-state index in [-0.39, 0.29) is 23.7 Å². The molecule has 0 saturated carbocycles. The van der Waals surface area contributed by atoms with Crippen LogP contribution in [-0.2, 0) is 4.79 Å². The summed E-state index contributed by atoms with van der Waals surface area (Å²) in [6, 6.07) is 7.28. The molecule has 1 fully saturated rings. The molecule has 1 saturated heterocycles. The number of nitriles is 1. The van der Waals surface area contributed by atoms with Crippen molar-refractivity contribution in [2.75, 3.05) is 39.8 Å². The van der Waals surface area contributed by atoms with Gasteiger partial charge in [0.2, 0.25) is 5.91 Å². The summed E-state index contributed by atoms with van der Waals surface area (Å²) in [5.74, 6) is -0.507. The molecule has 0 bridgehead atoms. The SMILES string of the molecule is CC(C(=O)N(C)CCC#N)N1CCN(C(=O)c2ccc(F)cc2)CC1. The summed E-state index contributed by atoms with van der Waals surface area (Å²) in [4.78, 5) is 30.1. The number of piperazine rings is 1. The summed E-state index contributed by atoms with van der Waals surface area (Å²) >= 11 is 0. The number of benzene rings is 1. The van der Waals surface area contributed by atoms with Crippen molar-refractivity contribution in [2.45, 2.75) is 19.4 Å². The van der Waals surface area contributed by atoms with Gasteiger partial charge in [0.05, 0.1) is 18.5 Å². The van der Waals surface area contributed by atoms with Crippen molar-refractivity contribution in [2.24, 2.45) is 0 Å². The number of hydrogen-bond acceptors (Lipinski definition) is 4. The minimum absolute atomic E-state index is 0.0199. The Bertz CT molecular complexity index is 648. The van der Waals surface area contributed by atoms with Gasteiger partial charge in [-0.3, -0.25) is 14.5 Å². The first-order valence-electron chi connectivity index (χ1n) is 8.35. The monoisotopic (exact) mass is 346 g/mol. The molecule has 0 aliphatic carbocycles. The minimum Gasteiger partial charge on any atom is -0.343 e. The van der Waals surface area contributed by atoms with Crippen LogP contribution in [0.3, 0.4) is 0 Å². The second-order valence-corrected chi connectivity index (χ2v) is 6.18. The van der Waals surface area contributed by atoms with Crippen LogP contribution in [0.5, 0.6) is 0 Å². The molecular formula is C18H23FN4O2. The molecule has 7 heteroatoms. The van der Waals surface area contributed by atoms with Crippen molar-refractivity contribution >= 4 is 11.8 Å². The van der Waals surface area contributed by atoms with E-state index >= 15 is 0 Å². The number of nitrogens with zero attached hydrogens (tertiary/aromatic N) is 4. The molecular weight excluding hydrogens is 323 g/mol. The lowest BCUT2D eigenvalue weighted by Gasteiger charge is -2.38. The smallest absolute Gasteiger partial charge is 0.253 e. The summed E-state index contributed by atoms with van der Waals surface area (Å²) < 4.78 is 13.0. The molecule has 25 heavy (non-hydrogen) atoms. The van der Waals surface area contributed by atoms with Crippen LogP contribution in [0.1, 0.15) is 23.7 Å². The van der Waals surface area contributed by atoms with Gasteiger partial charge in [-0.1, -0.05) is 0 Å². The first-order chi connectivity index (χ1) is 11.9. The Morgan fingerprint density at radius 1 is 1.24 bits per heavy atom. The van der Waals surface area contributed by atoms with Crippen LogP contribution in [0.4, 0.5) is 4.39 Å². The van der Waals surface area contributed by atoms with Crippen molar-refractivity contribution in [1.82, 2.24) is 14.7 Å². The van der Waals surface area contributed by atoms with Crippen LogP contribution in [-0.4, -0.2) is 72.3 Å². The van der Waals surface area contributed by atoms with E-state index < -0.39 is 0 Å². The Morgan fingerprint density at radius 3 is 2.40 bits per heavy atom. The minimum atomic E-state index is -0.366. The number of halogens is 1. The molecule has 134 valence electrons. The number of rotatable bonds is 5. The standard InChI is InChI=1S/C18H23FN4O2/c1-14(17(24)21(2)9-3-8-20)22-10-12-23(13-11-22)18(25)15-4-6-16(19)7-5-15/h4-7,14H,3,9-13H2,1-2H3. The van der Waals surface area contributed by atoms with E-state index in [2.05, 4.69) is 0 Å². The number of amides is 2. The fraction of sp³-hybridized carbons (Fsp3) is 0.500. The highest BCUT2D eigenvalue weighted by Gasteiger charge is 2.29. The highest BCUT2D eigenvalue weighted by atomic mass is 19.1. The summed E-state index contributed by atoms with van der Waals surface area (Å²) in [5.41, 5.74) is 0.468. The highest BCUT2D eigenvalue weighted by molar-refractivity contribution is 5.94. The number of likely N-dealkylation sites (N-methyl/N-ethyl adjacent to an activating group) is 1. The molecule has 1 aliphatic heterocycles. The van der Waals surface area contributed by atoms with Crippen LogP contribution < -0.4 is 0 Å². The number of carbonyl (C=O) groups excluding carboxylic acids is 2. The summed E-state index contributed by atoms with van der Waals surface area (Å²) in [5, 5.41) is 8.62. The zero-order chi connectivity index (χ0) is 18.4. The molecule has 2 rings (SSSR count). The Labute approximate surface area is 147 Å². The Kier molecular flexibility index (Phi) is 6.48. The third kappa shape index (κ3) is 4.77. The van der Waals surface area contributed by atoms with Gasteiger partial charge in [0.25, 0.3) is 5.91 Å². The fourth-order valence-electron chi connectivity index (χ4n) is 2.89. The van der Waals surface area contributed by atoms with Gasteiger partial charge in [-0.05, 0) is 31.2 Å². The van der Waals surface area contributed by atoms with E-state index in [1.807, 2.05) is 17.9 Å². The van der Waals surface area contributed by atoms with E-state index in [1.54, 1.807) is 16.8 Å². The average Bonchev–Trinajstić information content (AvgIpc) is 2.65. The predicted octanol–water partition coefficient (Wildman–Crippen LogP) is 1.34. The first kappa shape index (κ1) is 18.9. The van der Waals surface area contributed by atoms with E-state index in [4.69, 9.17) is 5.26 Å². The van der Waals surface area contributed by atoms with Crippen molar-refractivity contribution in [3.8, 4) is 6.07 Å². The molecule has 2 amide bonds. The van der Waals surface area contributed by atoms with Gasteiger partial charge >= 0.3 is 0 Å². The average molecular weight is 346 g/mol. The van der Waals surface area contributed by atoms with Gasteiger partial charge in [0, 0.05) is 45.3 Å². The molecule has 1 heterocycles. The quantitative estimate of drug-likeness (QED) is 0.807. The molecule has 0 spiro atoms. The van der Waals surface area contributed by atoms with Crippen molar-refractivity contribution in [1.29, 1.82) is 5.26 Å². The maximum Gasteiger partial charge on any atom is 0.253 e. The lowest BCUT2D eigenvalue weighted by molar-refractivity contribution is -0.135. The third-order valence-corrected chi connectivity index (χ3v) is 4.53. The van der Waals surface area contributed by atoms with Gasteiger partial charge in [0.1, 0.15) is 5.82 Å². The molecule has 1 aromatic carbocycles. The fourth-order valence-corrected chi connectivity index (χ4v) is 2.89. The second-order valence-electron chi connectivity index (χ2n) is 6.18. The predicted molar refractivity (Wildman–Crippen MR) is 91.2 cm³/mol. The molecule has 0 aromatic heterocycles. The zero-order valence-corrected chi connectivity index (χ0v) is 14.6. The Balaban J connectivity index is 1.88. The second kappa shape index (κ2) is 8.58.